The summed E-state index contributed by atoms with van der Waals surface area (Å²) in [7, 11) is 1.98. The number of anilines is 1. The van der Waals surface area contributed by atoms with Crippen LogP contribution in [0.2, 0.25) is 0 Å². The van der Waals surface area contributed by atoms with Crippen LogP contribution in [0.5, 0.6) is 0 Å². The van der Waals surface area contributed by atoms with Crippen LogP contribution in [0.25, 0.3) is 0 Å². The predicted octanol–water partition coefficient (Wildman–Crippen LogP) is 2.79. The van der Waals surface area contributed by atoms with Crippen LogP contribution in [0.4, 0.5) is 5.69 Å². The van der Waals surface area contributed by atoms with Gasteiger partial charge in [-0.05, 0) is 56.6 Å². The topological polar surface area (TPSA) is 41.1 Å². The molecule has 2 N–H and O–H groups in total. The maximum atomic E-state index is 11.2. The highest BCUT2D eigenvalue weighted by molar-refractivity contribution is 5.94. The quantitative estimate of drug-likeness (QED) is 0.729. The van der Waals surface area contributed by atoms with Crippen molar-refractivity contribution in [1.82, 2.24) is 5.32 Å². The van der Waals surface area contributed by atoms with Crippen LogP contribution in [0.15, 0.2) is 24.3 Å². The average Bonchev–Trinajstić information content (AvgIpc) is 2.34. The number of benzene rings is 1. The number of hydrogen-bond donors (Lipinski definition) is 2. The van der Waals surface area contributed by atoms with E-state index in [1.807, 2.05) is 31.3 Å². The van der Waals surface area contributed by atoms with Gasteiger partial charge in [0.25, 0.3) is 0 Å². The van der Waals surface area contributed by atoms with Gasteiger partial charge in [0.2, 0.25) is 0 Å². The van der Waals surface area contributed by atoms with Gasteiger partial charge in [-0.3, -0.25) is 4.79 Å². The Balaban J connectivity index is 2.54. The number of rotatable bonds is 7. The van der Waals surface area contributed by atoms with Crippen molar-refractivity contribution < 1.29 is 4.79 Å². The predicted molar refractivity (Wildman–Crippen MR) is 77.2 cm³/mol. The molecule has 0 aliphatic rings. The lowest BCUT2D eigenvalue weighted by atomic mass is 9.95. The third kappa shape index (κ3) is 4.49. The van der Waals surface area contributed by atoms with Crippen molar-refractivity contribution in [2.75, 3.05) is 25.5 Å². The second-order valence-corrected chi connectivity index (χ2v) is 5.08. The summed E-state index contributed by atoms with van der Waals surface area (Å²) in [5, 5.41) is 6.65. The first kappa shape index (κ1) is 14.7. The number of carbonyl (C=O) groups is 1. The van der Waals surface area contributed by atoms with E-state index < -0.39 is 0 Å². The molecule has 0 amide bonds. The van der Waals surface area contributed by atoms with Gasteiger partial charge in [0.15, 0.2) is 5.78 Å². The molecule has 0 bridgehead atoms. The Morgan fingerprint density at radius 1 is 1.17 bits per heavy atom. The first-order valence-electron chi connectivity index (χ1n) is 6.54. The lowest BCUT2D eigenvalue weighted by molar-refractivity contribution is 0.101. The largest absolute Gasteiger partial charge is 0.385 e. The molecule has 18 heavy (non-hydrogen) atoms. The Bertz CT molecular complexity index is 371. The molecule has 1 aromatic rings. The van der Waals surface area contributed by atoms with E-state index in [1.165, 1.54) is 0 Å². The van der Waals surface area contributed by atoms with Gasteiger partial charge in [0, 0.05) is 17.8 Å². The van der Waals surface area contributed by atoms with Crippen LogP contribution in [0.3, 0.4) is 0 Å². The zero-order valence-electron chi connectivity index (χ0n) is 11.8. The Morgan fingerprint density at radius 3 is 2.22 bits per heavy atom. The summed E-state index contributed by atoms with van der Waals surface area (Å²) < 4.78 is 0. The third-order valence-electron chi connectivity index (χ3n) is 3.27. The number of carbonyl (C=O) groups excluding carboxylic acids is 1. The molecular formula is C15H24N2O. The Hall–Kier alpha value is -1.35. The monoisotopic (exact) mass is 248 g/mol. The van der Waals surface area contributed by atoms with Gasteiger partial charge in [0.1, 0.15) is 0 Å². The summed E-state index contributed by atoms with van der Waals surface area (Å²) in [6.45, 7) is 8.02. The molecule has 0 heterocycles. The van der Waals surface area contributed by atoms with Crippen molar-refractivity contribution in [2.24, 2.45) is 11.8 Å². The SMILES string of the molecule is CNCC(CNc1ccc(C(C)=O)cc1)C(C)C. The fourth-order valence-corrected chi connectivity index (χ4v) is 1.88. The van der Waals surface area contributed by atoms with E-state index in [-0.39, 0.29) is 5.78 Å². The van der Waals surface area contributed by atoms with Gasteiger partial charge in [-0.1, -0.05) is 13.8 Å². The molecule has 1 rings (SSSR count). The first-order valence-corrected chi connectivity index (χ1v) is 6.54. The molecule has 100 valence electrons. The van der Waals surface area contributed by atoms with Crippen molar-refractivity contribution in [3.05, 3.63) is 29.8 Å². The standard InChI is InChI=1S/C15H24N2O/c1-11(2)14(9-16-4)10-17-15-7-5-13(6-8-15)12(3)18/h5-8,11,14,16-17H,9-10H2,1-4H3. The molecule has 1 aromatic carbocycles. The van der Waals surface area contributed by atoms with E-state index in [4.69, 9.17) is 0 Å². The van der Waals surface area contributed by atoms with Crippen LogP contribution < -0.4 is 10.6 Å². The fraction of sp³-hybridized carbons (Fsp3) is 0.533. The molecule has 0 aliphatic heterocycles. The van der Waals surface area contributed by atoms with Gasteiger partial charge in [-0.25, -0.2) is 0 Å². The molecular weight excluding hydrogens is 224 g/mol. The molecule has 0 saturated heterocycles. The van der Waals surface area contributed by atoms with Gasteiger partial charge >= 0.3 is 0 Å². The minimum atomic E-state index is 0.108. The average molecular weight is 248 g/mol. The van der Waals surface area contributed by atoms with Crippen molar-refractivity contribution >= 4 is 11.5 Å². The molecule has 0 aliphatic carbocycles. The smallest absolute Gasteiger partial charge is 0.159 e. The highest BCUT2D eigenvalue weighted by Gasteiger charge is 2.11. The maximum absolute atomic E-state index is 11.2. The highest BCUT2D eigenvalue weighted by Crippen LogP contribution is 2.14. The lowest BCUT2D eigenvalue weighted by Crippen LogP contribution is -2.29. The Labute approximate surface area is 110 Å². The van der Waals surface area contributed by atoms with Crippen molar-refractivity contribution in [2.45, 2.75) is 20.8 Å². The van der Waals surface area contributed by atoms with Crippen molar-refractivity contribution in [1.29, 1.82) is 0 Å². The number of Topliss-reactive ketones (excluding diaryl/α,β-unsaturated/α-hetero) is 1. The Morgan fingerprint density at radius 2 is 1.78 bits per heavy atom. The maximum Gasteiger partial charge on any atom is 0.159 e. The third-order valence-corrected chi connectivity index (χ3v) is 3.27. The molecule has 3 heteroatoms. The second kappa shape index (κ2) is 7.17. The van der Waals surface area contributed by atoms with E-state index in [2.05, 4.69) is 24.5 Å². The molecule has 3 nitrogen and oxygen atoms in total. The van der Waals surface area contributed by atoms with Crippen LogP contribution in [-0.2, 0) is 0 Å². The van der Waals surface area contributed by atoms with Crippen LogP contribution in [-0.4, -0.2) is 25.9 Å². The lowest BCUT2D eigenvalue weighted by Gasteiger charge is -2.21. The normalized spacial score (nSPS) is 12.5. The molecule has 0 fully saturated rings. The number of hydrogen-bond acceptors (Lipinski definition) is 3. The molecule has 1 unspecified atom stereocenters. The molecule has 0 spiro atoms. The summed E-state index contributed by atoms with van der Waals surface area (Å²) >= 11 is 0. The van der Waals surface area contributed by atoms with Gasteiger partial charge in [0.05, 0.1) is 0 Å². The molecule has 0 radical (unpaired) electrons. The van der Waals surface area contributed by atoms with Gasteiger partial charge in [-0.2, -0.15) is 0 Å². The number of nitrogens with one attached hydrogen (secondary N) is 2. The first-order chi connectivity index (χ1) is 8.54. The van der Waals surface area contributed by atoms with E-state index in [0.29, 0.717) is 11.8 Å². The van der Waals surface area contributed by atoms with Gasteiger partial charge < -0.3 is 10.6 Å². The van der Waals surface area contributed by atoms with Crippen LogP contribution in [0.1, 0.15) is 31.1 Å². The molecule has 0 aromatic heterocycles. The van der Waals surface area contributed by atoms with Gasteiger partial charge in [-0.15, -0.1) is 0 Å². The zero-order chi connectivity index (χ0) is 13.5. The second-order valence-electron chi connectivity index (χ2n) is 5.08. The van der Waals surface area contributed by atoms with Crippen molar-refractivity contribution in [3.63, 3.8) is 0 Å². The summed E-state index contributed by atoms with van der Waals surface area (Å²) in [4.78, 5) is 11.2. The Kier molecular flexibility index (Phi) is 5.86. The molecule has 0 saturated carbocycles. The van der Waals surface area contributed by atoms with Crippen LogP contribution >= 0.6 is 0 Å². The minimum absolute atomic E-state index is 0.108. The van der Waals surface area contributed by atoms with E-state index in [1.54, 1.807) is 6.92 Å². The summed E-state index contributed by atoms with van der Waals surface area (Å²) in [6.07, 6.45) is 0. The fourth-order valence-electron chi connectivity index (χ4n) is 1.88. The highest BCUT2D eigenvalue weighted by atomic mass is 16.1. The summed E-state index contributed by atoms with van der Waals surface area (Å²) in [5.74, 6) is 1.35. The van der Waals surface area contributed by atoms with E-state index in [0.717, 1.165) is 24.3 Å². The van der Waals surface area contributed by atoms with Crippen LogP contribution in [0, 0.1) is 11.8 Å². The zero-order valence-corrected chi connectivity index (χ0v) is 11.8. The number of ketones is 1. The minimum Gasteiger partial charge on any atom is -0.385 e. The summed E-state index contributed by atoms with van der Waals surface area (Å²) in [6, 6.07) is 7.67. The van der Waals surface area contributed by atoms with Crippen molar-refractivity contribution in [3.8, 4) is 0 Å². The van der Waals surface area contributed by atoms with E-state index in [9.17, 15) is 4.79 Å². The summed E-state index contributed by atoms with van der Waals surface area (Å²) in [5.41, 5.74) is 1.83. The molecule has 1 atom stereocenters. The van der Waals surface area contributed by atoms with E-state index >= 15 is 0 Å².